The zero-order chi connectivity index (χ0) is 22.0. The van der Waals surface area contributed by atoms with E-state index < -0.39 is 0 Å². The Morgan fingerprint density at radius 3 is 2.42 bits per heavy atom. The Morgan fingerprint density at radius 2 is 1.68 bits per heavy atom. The number of nitrogens with zero attached hydrogens (tertiary/aromatic N) is 2. The van der Waals surface area contributed by atoms with Crippen LogP contribution < -0.4 is 16.4 Å². The lowest BCUT2D eigenvalue weighted by Gasteiger charge is -2.15. The summed E-state index contributed by atoms with van der Waals surface area (Å²) in [5.74, 6) is 0.314. The normalized spacial score (nSPS) is 10.7. The maximum atomic E-state index is 6.27. The molecule has 0 radical (unpaired) electrons. The molecule has 0 atom stereocenters. The highest BCUT2D eigenvalue weighted by Crippen LogP contribution is 2.34. The van der Waals surface area contributed by atoms with E-state index in [4.69, 9.17) is 45.0 Å². The number of nitrogens with one attached hydrogen (secondary N) is 2. The number of nitrogen functional groups attached to an aromatic ring is 1. The van der Waals surface area contributed by atoms with Gasteiger partial charge >= 0.3 is 6.01 Å². The molecule has 1 heterocycles. The molecule has 0 saturated heterocycles. The number of halogens is 3. The van der Waals surface area contributed by atoms with Crippen LogP contribution in [0, 0.1) is 0 Å². The van der Waals surface area contributed by atoms with Crippen molar-refractivity contribution in [2.24, 2.45) is 0 Å². The second-order valence-electron chi connectivity index (χ2n) is 6.55. The van der Waals surface area contributed by atoms with Gasteiger partial charge in [0.2, 0.25) is 5.89 Å². The lowest BCUT2D eigenvalue weighted by atomic mass is 10.1. The summed E-state index contributed by atoms with van der Waals surface area (Å²) >= 11 is 18.5. The summed E-state index contributed by atoms with van der Waals surface area (Å²) in [5.41, 5.74) is 9.74. The van der Waals surface area contributed by atoms with Crippen molar-refractivity contribution in [3.8, 4) is 11.5 Å². The average molecular weight is 473 g/mol. The zero-order valence-corrected chi connectivity index (χ0v) is 18.3. The van der Waals surface area contributed by atoms with Gasteiger partial charge in [-0.05, 0) is 48.5 Å². The third-order valence-corrected chi connectivity index (χ3v) is 5.22. The summed E-state index contributed by atoms with van der Waals surface area (Å²) < 4.78 is 5.73. The topological polar surface area (TPSA) is 89.0 Å². The predicted octanol–water partition coefficient (Wildman–Crippen LogP) is 7.11. The van der Waals surface area contributed by atoms with Crippen molar-refractivity contribution in [1.82, 2.24) is 10.2 Å². The Balaban J connectivity index is 1.57. The molecule has 0 fully saturated rings. The molecule has 0 saturated carbocycles. The van der Waals surface area contributed by atoms with E-state index in [1.54, 1.807) is 48.5 Å². The van der Waals surface area contributed by atoms with E-state index in [-0.39, 0.29) is 6.01 Å². The summed E-state index contributed by atoms with van der Waals surface area (Å²) in [5, 5.41) is 15.9. The van der Waals surface area contributed by atoms with E-state index in [2.05, 4.69) is 27.4 Å². The first-order valence-electron chi connectivity index (χ1n) is 9.07. The Bertz CT molecular complexity index is 1250. The van der Waals surface area contributed by atoms with Gasteiger partial charge in [-0.25, -0.2) is 0 Å². The van der Waals surface area contributed by atoms with Crippen molar-refractivity contribution < 1.29 is 4.42 Å². The van der Waals surface area contributed by atoms with Crippen LogP contribution in [0.25, 0.3) is 17.2 Å². The van der Waals surface area contributed by atoms with Crippen molar-refractivity contribution in [1.29, 1.82) is 0 Å². The second-order valence-corrected chi connectivity index (χ2v) is 7.80. The molecule has 0 spiro atoms. The standard InChI is InChI=1S/C22H16Cl3N5O/c1-12(20-16(24)6-3-7-17(20)25)27-19-10-13(8-9-18(19)26)21-29-30-22(31-21)28-15-5-2-4-14(23)11-15/h2-11,27H,1,26H2,(H,28,30). The van der Waals surface area contributed by atoms with E-state index in [9.17, 15) is 0 Å². The van der Waals surface area contributed by atoms with Crippen LogP contribution in [0.5, 0.6) is 0 Å². The second kappa shape index (κ2) is 8.89. The van der Waals surface area contributed by atoms with Crippen LogP contribution >= 0.6 is 34.8 Å². The molecule has 0 amide bonds. The summed E-state index contributed by atoms with van der Waals surface area (Å²) in [7, 11) is 0. The van der Waals surface area contributed by atoms with Gasteiger partial charge in [0.25, 0.3) is 0 Å². The predicted molar refractivity (Wildman–Crippen MR) is 128 cm³/mol. The number of anilines is 4. The fourth-order valence-electron chi connectivity index (χ4n) is 2.89. The minimum atomic E-state index is 0.232. The van der Waals surface area contributed by atoms with Crippen LogP contribution in [0.1, 0.15) is 5.56 Å². The molecule has 31 heavy (non-hydrogen) atoms. The molecule has 0 bridgehead atoms. The van der Waals surface area contributed by atoms with Gasteiger partial charge in [0.05, 0.1) is 21.4 Å². The third kappa shape index (κ3) is 4.77. The van der Waals surface area contributed by atoms with Gasteiger partial charge in [-0.1, -0.05) is 58.6 Å². The molecular formula is C22H16Cl3N5O. The number of hydrogen-bond acceptors (Lipinski definition) is 6. The van der Waals surface area contributed by atoms with Crippen LogP contribution in [0.2, 0.25) is 15.1 Å². The van der Waals surface area contributed by atoms with E-state index >= 15 is 0 Å². The summed E-state index contributed by atoms with van der Waals surface area (Å²) in [4.78, 5) is 0. The van der Waals surface area contributed by atoms with Crippen molar-refractivity contribution in [2.45, 2.75) is 0 Å². The van der Waals surface area contributed by atoms with Crippen LogP contribution in [0.4, 0.5) is 23.1 Å². The third-order valence-electron chi connectivity index (χ3n) is 4.35. The first-order valence-corrected chi connectivity index (χ1v) is 10.2. The van der Waals surface area contributed by atoms with Crippen molar-refractivity contribution in [2.75, 3.05) is 16.4 Å². The highest BCUT2D eigenvalue weighted by molar-refractivity contribution is 6.37. The fourth-order valence-corrected chi connectivity index (χ4v) is 3.70. The van der Waals surface area contributed by atoms with E-state index in [0.29, 0.717) is 49.2 Å². The van der Waals surface area contributed by atoms with Crippen LogP contribution in [-0.4, -0.2) is 10.2 Å². The number of aromatic nitrogens is 2. The number of rotatable bonds is 6. The van der Waals surface area contributed by atoms with Gasteiger partial charge in [-0.15, -0.1) is 5.10 Å². The number of hydrogen-bond donors (Lipinski definition) is 3. The van der Waals surface area contributed by atoms with Gasteiger partial charge in [-0.2, -0.15) is 0 Å². The van der Waals surface area contributed by atoms with Crippen LogP contribution in [-0.2, 0) is 0 Å². The maximum absolute atomic E-state index is 6.27. The molecular weight excluding hydrogens is 457 g/mol. The van der Waals surface area contributed by atoms with Crippen LogP contribution in [0.3, 0.4) is 0 Å². The lowest BCUT2D eigenvalue weighted by Crippen LogP contribution is -2.02. The Hall–Kier alpha value is -3.19. The Morgan fingerprint density at radius 1 is 0.935 bits per heavy atom. The first-order chi connectivity index (χ1) is 14.9. The molecule has 4 rings (SSSR count). The van der Waals surface area contributed by atoms with Gasteiger partial charge in [-0.3, -0.25) is 0 Å². The number of nitrogens with two attached hydrogens (primary N) is 1. The lowest BCUT2D eigenvalue weighted by molar-refractivity contribution is 0.587. The smallest absolute Gasteiger partial charge is 0.320 e. The molecule has 0 aliphatic carbocycles. The molecule has 0 aliphatic rings. The van der Waals surface area contributed by atoms with Gasteiger partial charge < -0.3 is 20.8 Å². The van der Waals surface area contributed by atoms with E-state index in [0.717, 1.165) is 5.69 Å². The van der Waals surface area contributed by atoms with Gasteiger partial charge in [0.15, 0.2) is 0 Å². The Labute approximate surface area is 193 Å². The minimum absolute atomic E-state index is 0.232. The number of benzene rings is 3. The molecule has 0 unspecified atom stereocenters. The molecule has 6 nitrogen and oxygen atoms in total. The molecule has 1 aromatic heterocycles. The van der Waals surface area contributed by atoms with Gasteiger partial charge in [0.1, 0.15) is 0 Å². The zero-order valence-electron chi connectivity index (χ0n) is 16.0. The quantitative estimate of drug-likeness (QED) is 0.259. The molecule has 3 aromatic carbocycles. The molecule has 4 aromatic rings. The minimum Gasteiger partial charge on any atom is -0.403 e. The molecule has 0 aliphatic heterocycles. The highest BCUT2D eigenvalue weighted by Gasteiger charge is 2.14. The van der Waals surface area contributed by atoms with Gasteiger partial charge in [0, 0.05) is 27.5 Å². The largest absolute Gasteiger partial charge is 0.403 e. The fraction of sp³-hybridized carbons (Fsp3) is 0. The highest BCUT2D eigenvalue weighted by atomic mass is 35.5. The van der Waals surface area contributed by atoms with E-state index in [1.165, 1.54) is 0 Å². The van der Waals surface area contributed by atoms with Crippen molar-refractivity contribution >= 4 is 63.6 Å². The summed E-state index contributed by atoms with van der Waals surface area (Å²) in [6.07, 6.45) is 0. The summed E-state index contributed by atoms with van der Waals surface area (Å²) in [6.45, 7) is 4.04. The van der Waals surface area contributed by atoms with Crippen molar-refractivity contribution in [3.05, 3.63) is 87.9 Å². The van der Waals surface area contributed by atoms with Crippen LogP contribution in [0.15, 0.2) is 71.7 Å². The molecule has 9 heteroatoms. The van der Waals surface area contributed by atoms with Crippen molar-refractivity contribution in [3.63, 3.8) is 0 Å². The SMILES string of the molecule is C=C(Nc1cc(-c2nnc(Nc3cccc(Cl)c3)o2)ccc1N)c1c(Cl)cccc1Cl. The summed E-state index contributed by atoms with van der Waals surface area (Å²) in [6, 6.07) is 17.9. The monoisotopic (exact) mass is 471 g/mol. The first kappa shape index (κ1) is 21.1. The molecule has 4 N–H and O–H groups in total. The molecule has 156 valence electrons. The van der Waals surface area contributed by atoms with E-state index in [1.807, 2.05) is 12.1 Å². The maximum Gasteiger partial charge on any atom is 0.320 e. The average Bonchev–Trinajstić information content (AvgIpc) is 3.18. The Kier molecular flexibility index (Phi) is 6.04.